The van der Waals surface area contributed by atoms with Crippen molar-refractivity contribution in [1.82, 2.24) is 5.32 Å². The van der Waals surface area contributed by atoms with Crippen molar-refractivity contribution in [2.24, 2.45) is 0 Å². The summed E-state index contributed by atoms with van der Waals surface area (Å²) in [6.07, 6.45) is -5.04. The Labute approximate surface area is 94.4 Å². The maximum absolute atomic E-state index is 10.8. The second kappa shape index (κ2) is 6.40. The third kappa shape index (κ3) is 5.50. The van der Waals surface area contributed by atoms with Crippen LogP contribution in [0.3, 0.4) is 0 Å². The normalized spacial score (nSPS) is 23.6. The van der Waals surface area contributed by atoms with E-state index in [9.17, 15) is 18.0 Å². The number of carboxylic acid groups (broad SMARTS) is 1. The average molecular weight is 259 g/mol. The number of carbonyl (C=O) groups excluding carboxylic acids is 1. The van der Waals surface area contributed by atoms with Crippen LogP contribution in [0.2, 0.25) is 0 Å². The molecule has 6 nitrogen and oxygen atoms in total. The molecule has 2 atom stereocenters. The van der Waals surface area contributed by atoms with E-state index in [-0.39, 0.29) is 5.97 Å². The van der Waals surface area contributed by atoms with Crippen LogP contribution in [0.25, 0.3) is 0 Å². The van der Waals surface area contributed by atoms with Crippen molar-refractivity contribution in [3.8, 4) is 0 Å². The van der Waals surface area contributed by atoms with Crippen molar-refractivity contribution in [3.63, 3.8) is 0 Å². The first-order chi connectivity index (χ1) is 7.70. The maximum atomic E-state index is 10.8. The molecule has 0 spiro atoms. The number of nitrogens with one attached hydrogen (secondary N) is 1. The number of esters is 1. The van der Waals surface area contributed by atoms with Gasteiger partial charge in [0.05, 0.1) is 13.2 Å². The molecule has 0 aromatic rings. The molecule has 0 aromatic carbocycles. The molecule has 1 fully saturated rings. The van der Waals surface area contributed by atoms with Crippen molar-refractivity contribution in [1.29, 1.82) is 0 Å². The average Bonchev–Trinajstić information content (AvgIpc) is 2.63. The van der Waals surface area contributed by atoms with E-state index >= 15 is 0 Å². The molecule has 0 aliphatic carbocycles. The number of ether oxygens (including phenoxy) is 1. The fraction of sp³-hybridized carbons (Fsp3) is 0.750. The predicted molar refractivity (Wildman–Crippen MR) is 48.1 cm³/mol. The third-order valence-electron chi connectivity index (χ3n) is 1.89. The van der Waals surface area contributed by atoms with E-state index in [2.05, 4.69) is 10.1 Å². The van der Waals surface area contributed by atoms with Gasteiger partial charge in [-0.2, -0.15) is 13.2 Å². The lowest BCUT2D eigenvalue weighted by atomic mass is 10.2. The molecule has 1 aliphatic rings. The topological polar surface area (TPSA) is 95.9 Å². The van der Waals surface area contributed by atoms with Crippen LogP contribution in [0.15, 0.2) is 0 Å². The van der Waals surface area contributed by atoms with Crippen molar-refractivity contribution in [2.75, 3.05) is 13.7 Å². The third-order valence-corrected chi connectivity index (χ3v) is 1.89. The van der Waals surface area contributed by atoms with E-state index in [0.717, 1.165) is 0 Å². The first-order valence-electron chi connectivity index (χ1n) is 4.49. The smallest absolute Gasteiger partial charge is 0.475 e. The first-order valence-corrected chi connectivity index (χ1v) is 4.49. The number of aliphatic hydroxyl groups excluding tert-OH is 1. The van der Waals surface area contributed by atoms with Gasteiger partial charge >= 0.3 is 18.1 Å². The van der Waals surface area contributed by atoms with E-state index in [0.29, 0.717) is 13.0 Å². The van der Waals surface area contributed by atoms with Gasteiger partial charge in [0.25, 0.3) is 0 Å². The SMILES string of the molecule is COC(=O)[C@H]1NCC[C@H]1O.O=C(O)C(F)(F)F. The number of aliphatic hydroxyl groups is 1. The molecule has 3 N–H and O–H groups in total. The Morgan fingerprint density at radius 1 is 1.41 bits per heavy atom. The molecule has 100 valence electrons. The summed E-state index contributed by atoms with van der Waals surface area (Å²) in [5.41, 5.74) is 0. The van der Waals surface area contributed by atoms with Crippen LogP contribution in [0.1, 0.15) is 6.42 Å². The van der Waals surface area contributed by atoms with Gasteiger partial charge in [0.1, 0.15) is 6.04 Å². The van der Waals surface area contributed by atoms with Gasteiger partial charge in [-0.15, -0.1) is 0 Å². The Kier molecular flexibility index (Phi) is 5.89. The van der Waals surface area contributed by atoms with Gasteiger partial charge in [0.15, 0.2) is 0 Å². The van der Waals surface area contributed by atoms with Crippen LogP contribution in [-0.2, 0) is 14.3 Å². The number of hydrogen-bond acceptors (Lipinski definition) is 5. The molecule has 0 unspecified atom stereocenters. The predicted octanol–water partition coefficient (Wildman–Crippen LogP) is -0.485. The summed E-state index contributed by atoms with van der Waals surface area (Å²) in [6.45, 7) is 0.681. The molecule has 0 bridgehead atoms. The van der Waals surface area contributed by atoms with Crippen molar-refractivity contribution >= 4 is 11.9 Å². The zero-order chi connectivity index (χ0) is 13.6. The van der Waals surface area contributed by atoms with Crippen molar-refractivity contribution < 1.29 is 37.7 Å². The fourth-order valence-electron chi connectivity index (χ4n) is 1.06. The lowest BCUT2D eigenvalue weighted by molar-refractivity contribution is -0.192. The van der Waals surface area contributed by atoms with E-state index in [1.165, 1.54) is 7.11 Å². The van der Waals surface area contributed by atoms with Gasteiger partial charge in [0.2, 0.25) is 0 Å². The van der Waals surface area contributed by atoms with E-state index in [1.807, 2.05) is 0 Å². The minimum absolute atomic E-state index is 0.384. The molecular weight excluding hydrogens is 247 g/mol. The summed E-state index contributed by atoms with van der Waals surface area (Å²) in [5.74, 6) is -3.14. The molecule has 1 saturated heterocycles. The maximum Gasteiger partial charge on any atom is 0.490 e. The van der Waals surface area contributed by atoms with Crippen LogP contribution in [0.4, 0.5) is 13.2 Å². The summed E-state index contributed by atoms with van der Waals surface area (Å²) in [6, 6.07) is -0.509. The summed E-state index contributed by atoms with van der Waals surface area (Å²) in [5, 5.41) is 19.1. The minimum atomic E-state index is -5.08. The van der Waals surface area contributed by atoms with E-state index in [1.54, 1.807) is 0 Å². The second-order valence-corrected chi connectivity index (χ2v) is 3.11. The standard InChI is InChI=1S/C6H11NO3.C2HF3O2/c1-10-6(9)5-4(8)2-3-7-5;3-2(4,5)1(6)7/h4-5,7-8H,2-3H2,1H3;(H,6,7)/t4-,5+;/m1./s1. The summed E-state index contributed by atoms with van der Waals surface area (Å²) in [4.78, 5) is 19.7. The molecule has 9 heteroatoms. The Hall–Kier alpha value is -1.35. The van der Waals surface area contributed by atoms with Crippen LogP contribution in [0.5, 0.6) is 0 Å². The molecule has 1 rings (SSSR count). The van der Waals surface area contributed by atoms with Crippen molar-refractivity contribution in [2.45, 2.75) is 24.7 Å². The van der Waals surface area contributed by atoms with E-state index < -0.39 is 24.3 Å². The molecule has 1 aliphatic heterocycles. The van der Waals surface area contributed by atoms with E-state index in [4.69, 9.17) is 15.0 Å². The molecule has 0 amide bonds. The minimum Gasteiger partial charge on any atom is -0.475 e. The van der Waals surface area contributed by atoms with Gasteiger partial charge < -0.3 is 20.3 Å². The van der Waals surface area contributed by atoms with Gasteiger partial charge in [-0.3, -0.25) is 4.79 Å². The van der Waals surface area contributed by atoms with Gasteiger partial charge in [-0.05, 0) is 13.0 Å². The molecule has 0 aromatic heterocycles. The van der Waals surface area contributed by atoms with Crippen LogP contribution < -0.4 is 5.32 Å². The Bertz CT molecular complexity index is 281. The lowest BCUT2D eigenvalue weighted by Gasteiger charge is -2.10. The number of alkyl halides is 3. The van der Waals surface area contributed by atoms with Gasteiger partial charge in [0, 0.05) is 0 Å². The molecule has 0 saturated carbocycles. The van der Waals surface area contributed by atoms with Gasteiger partial charge in [-0.1, -0.05) is 0 Å². The molecule has 1 heterocycles. The molecule has 0 radical (unpaired) electrons. The highest BCUT2D eigenvalue weighted by molar-refractivity contribution is 5.76. The number of hydrogen-bond donors (Lipinski definition) is 3. The largest absolute Gasteiger partial charge is 0.490 e. The number of carbonyl (C=O) groups is 2. The number of aliphatic carboxylic acids is 1. The Balaban J connectivity index is 0.000000325. The van der Waals surface area contributed by atoms with Gasteiger partial charge in [-0.25, -0.2) is 4.79 Å². The molecule has 17 heavy (non-hydrogen) atoms. The summed E-state index contributed by atoms with van der Waals surface area (Å²) in [7, 11) is 1.31. The Morgan fingerprint density at radius 3 is 2.12 bits per heavy atom. The van der Waals surface area contributed by atoms with Crippen LogP contribution >= 0.6 is 0 Å². The number of rotatable bonds is 1. The number of halogens is 3. The van der Waals surface area contributed by atoms with Crippen molar-refractivity contribution in [3.05, 3.63) is 0 Å². The van der Waals surface area contributed by atoms with Crippen LogP contribution in [-0.4, -0.2) is 54.1 Å². The number of methoxy groups -OCH3 is 1. The second-order valence-electron chi connectivity index (χ2n) is 3.11. The molecular formula is C8H12F3NO5. The highest BCUT2D eigenvalue weighted by Crippen LogP contribution is 2.13. The first kappa shape index (κ1) is 15.7. The van der Waals surface area contributed by atoms with Crippen LogP contribution in [0, 0.1) is 0 Å². The zero-order valence-electron chi connectivity index (χ0n) is 8.82. The summed E-state index contributed by atoms with van der Waals surface area (Å²) >= 11 is 0. The fourth-order valence-corrected chi connectivity index (χ4v) is 1.06. The summed E-state index contributed by atoms with van der Waals surface area (Å²) < 4.78 is 36.2. The highest BCUT2D eigenvalue weighted by Gasteiger charge is 2.38. The monoisotopic (exact) mass is 259 g/mol. The Morgan fingerprint density at radius 2 is 1.88 bits per heavy atom. The quantitative estimate of drug-likeness (QED) is 0.550. The lowest BCUT2D eigenvalue weighted by Crippen LogP contribution is -2.39. The number of carboxylic acids is 1. The highest BCUT2D eigenvalue weighted by atomic mass is 19.4. The zero-order valence-corrected chi connectivity index (χ0v) is 8.82.